The molecule has 0 saturated carbocycles. The van der Waals surface area contributed by atoms with Gasteiger partial charge in [0.05, 0.1) is 0 Å². The van der Waals surface area contributed by atoms with Crippen molar-refractivity contribution in [2.75, 3.05) is 5.75 Å². The summed E-state index contributed by atoms with van der Waals surface area (Å²) in [4.78, 5) is 0. The molecule has 1 saturated heterocycles. The molecule has 1 unspecified atom stereocenters. The second-order valence-corrected chi connectivity index (χ2v) is 6.24. The Balaban J connectivity index is 2.04. The highest BCUT2D eigenvalue weighted by Gasteiger charge is 2.29. The Labute approximate surface area is 96.4 Å². The maximum absolute atomic E-state index is 4.36. The third kappa shape index (κ3) is 2.57. The number of thioether (sulfide) groups is 1. The molecule has 84 valence electrons. The van der Waals surface area contributed by atoms with Crippen molar-refractivity contribution in [3.63, 3.8) is 0 Å². The molecule has 3 heteroatoms. The zero-order chi connectivity index (χ0) is 10.9. The van der Waals surface area contributed by atoms with Crippen LogP contribution in [0.4, 0.5) is 0 Å². The summed E-state index contributed by atoms with van der Waals surface area (Å²) >= 11 is 2.09. The van der Waals surface area contributed by atoms with Gasteiger partial charge in [-0.15, -0.1) is 0 Å². The highest BCUT2D eigenvalue weighted by Crippen LogP contribution is 2.38. The van der Waals surface area contributed by atoms with Gasteiger partial charge in [-0.3, -0.25) is 4.68 Å². The standard InChI is InChI=1S/C12H20N2S/c1-4-14-11(6-8-13-14)12(2,3)7-5-10-9-15-10/h6,8,10H,4-5,7,9H2,1-3H3. The van der Waals surface area contributed by atoms with Crippen LogP contribution in [-0.4, -0.2) is 20.8 Å². The molecule has 0 aromatic carbocycles. The first-order valence-electron chi connectivity index (χ1n) is 5.77. The van der Waals surface area contributed by atoms with Gasteiger partial charge < -0.3 is 0 Å². The summed E-state index contributed by atoms with van der Waals surface area (Å²) in [5.41, 5.74) is 1.66. The maximum atomic E-state index is 4.36. The lowest BCUT2D eigenvalue weighted by molar-refractivity contribution is 0.420. The Bertz CT molecular complexity index is 326. The fraction of sp³-hybridized carbons (Fsp3) is 0.750. The summed E-state index contributed by atoms with van der Waals surface area (Å²) in [6.45, 7) is 7.81. The van der Waals surface area contributed by atoms with Gasteiger partial charge in [-0.1, -0.05) is 13.8 Å². The predicted octanol–water partition coefficient (Wildman–Crippen LogP) is 3.08. The molecule has 2 nitrogen and oxygen atoms in total. The van der Waals surface area contributed by atoms with Crippen LogP contribution in [-0.2, 0) is 12.0 Å². The summed E-state index contributed by atoms with van der Waals surface area (Å²) in [6, 6.07) is 2.17. The van der Waals surface area contributed by atoms with Gasteiger partial charge in [-0.25, -0.2) is 0 Å². The Morgan fingerprint density at radius 1 is 1.60 bits per heavy atom. The molecule has 2 heterocycles. The number of hydrogen-bond donors (Lipinski definition) is 0. The molecule has 0 N–H and O–H groups in total. The van der Waals surface area contributed by atoms with E-state index in [-0.39, 0.29) is 5.41 Å². The second-order valence-electron chi connectivity index (χ2n) is 4.91. The predicted molar refractivity (Wildman–Crippen MR) is 66.4 cm³/mol. The molecule has 1 fully saturated rings. The van der Waals surface area contributed by atoms with Gasteiger partial charge in [0, 0.05) is 34.9 Å². The number of aromatic nitrogens is 2. The molecule has 2 rings (SSSR count). The minimum Gasteiger partial charge on any atom is -0.269 e. The van der Waals surface area contributed by atoms with Crippen molar-refractivity contribution in [3.05, 3.63) is 18.0 Å². The molecule has 0 bridgehead atoms. The van der Waals surface area contributed by atoms with Crippen LogP contribution < -0.4 is 0 Å². The average molecular weight is 224 g/mol. The third-order valence-electron chi connectivity index (χ3n) is 3.20. The lowest BCUT2D eigenvalue weighted by Gasteiger charge is -2.25. The van der Waals surface area contributed by atoms with Crippen molar-refractivity contribution in [3.8, 4) is 0 Å². The van der Waals surface area contributed by atoms with Crippen molar-refractivity contribution >= 4 is 11.8 Å². The van der Waals surface area contributed by atoms with Gasteiger partial charge in [-0.2, -0.15) is 16.9 Å². The largest absolute Gasteiger partial charge is 0.269 e. The van der Waals surface area contributed by atoms with Crippen LogP contribution in [0.25, 0.3) is 0 Å². The van der Waals surface area contributed by atoms with Crippen LogP contribution in [0.15, 0.2) is 12.3 Å². The smallest absolute Gasteiger partial charge is 0.0492 e. The van der Waals surface area contributed by atoms with Gasteiger partial charge in [0.2, 0.25) is 0 Å². The highest BCUT2D eigenvalue weighted by atomic mass is 32.2. The van der Waals surface area contributed by atoms with Crippen molar-refractivity contribution in [1.29, 1.82) is 0 Å². The molecule has 1 aliphatic heterocycles. The fourth-order valence-electron chi connectivity index (χ4n) is 2.04. The fourth-order valence-corrected chi connectivity index (χ4v) is 2.63. The Morgan fingerprint density at radius 3 is 2.93 bits per heavy atom. The van der Waals surface area contributed by atoms with Crippen LogP contribution in [0.2, 0.25) is 0 Å². The van der Waals surface area contributed by atoms with Crippen molar-refractivity contribution in [1.82, 2.24) is 9.78 Å². The van der Waals surface area contributed by atoms with Gasteiger partial charge in [0.15, 0.2) is 0 Å². The first kappa shape index (κ1) is 11.1. The summed E-state index contributed by atoms with van der Waals surface area (Å²) in [5.74, 6) is 1.38. The Morgan fingerprint density at radius 2 is 2.33 bits per heavy atom. The average Bonchev–Trinajstić information content (AvgIpc) is 2.90. The van der Waals surface area contributed by atoms with Gasteiger partial charge in [0.25, 0.3) is 0 Å². The molecular formula is C12H20N2S. The van der Waals surface area contributed by atoms with Crippen molar-refractivity contribution < 1.29 is 0 Å². The summed E-state index contributed by atoms with van der Waals surface area (Å²) in [5, 5.41) is 5.30. The molecular weight excluding hydrogens is 204 g/mol. The summed E-state index contributed by atoms with van der Waals surface area (Å²) in [6.07, 6.45) is 4.55. The molecule has 1 aromatic heterocycles. The van der Waals surface area contributed by atoms with E-state index >= 15 is 0 Å². The quantitative estimate of drug-likeness (QED) is 0.715. The highest BCUT2D eigenvalue weighted by molar-refractivity contribution is 8.06. The zero-order valence-electron chi connectivity index (χ0n) is 9.86. The molecule has 0 radical (unpaired) electrons. The summed E-state index contributed by atoms with van der Waals surface area (Å²) in [7, 11) is 0. The first-order chi connectivity index (χ1) is 7.13. The third-order valence-corrected chi connectivity index (χ3v) is 4.24. The van der Waals surface area contributed by atoms with E-state index in [2.05, 4.69) is 48.4 Å². The van der Waals surface area contributed by atoms with Gasteiger partial charge in [-0.05, 0) is 25.8 Å². The summed E-state index contributed by atoms with van der Waals surface area (Å²) < 4.78 is 2.13. The van der Waals surface area contributed by atoms with Crippen LogP contribution in [0.3, 0.4) is 0 Å². The molecule has 1 aromatic rings. The van der Waals surface area contributed by atoms with E-state index in [1.165, 1.54) is 24.3 Å². The second kappa shape index (κ2) is 4.20. The number of nitrogens with zero attached hydrogens (tertiary/aromatic N) is 2. The van der Waals surface area contributed by atoms with E-state index in [0.29, 0.717) is 0 Å². The van der Waals surface area contributed by atoms with E-state index < -0.39 is 0 Å². The van der Waals surface area contributed by atoms with Crippen molar-refractivity contribution in [2.24, 2.45) is 0 Å². The normalized spacial score (nSPS) is 20.6. The van der Waals surface area contributed by atoms with E-state index in [1.807, 2.05) is 6.20 Å². The van der Waals surface area contributed by atoms with Crippen molar-refractivity contribution in [2.45, 2.75) is 50.8 Å². The van der Waals surface area contributed by atoms with Crippen LogP contribution in [0, 0.1) is 0 Å². The van der Waals surface area contributed by atoms with Crippen LogP contribution >= 0.6 is 11.8 Å². The molecule has 1 atom stereocenters. The Kier molecular flexibility index (Phi) is 3.10. The molecule has 1 aliphatic rings. The number of aryl methyl sites for hydroxylation is 1. The van der Waals surface area contributed by atoms with Gasteiger partial charge >= 0.3 is 0 Å². The molecule has 0 aliphatic carbocycles. The molecule has 15 heavy (non-hydrogen) atoms. The topological polar surface area (TPSA) is 17.8 Å². The lowest BCUT2D eigenvalue weighted by Crippen LogP contribution is -2.22. The van der Waals surface area contributed by atoms with E-state index in [9.17, 15) is 0 Å². The molecule has 0 spiro atoms. The van der Waals surface area contributed by atoms with Crippen LogP contribution in [0.5, 0.6) is 0 Å². The zero-order valence-corrected chi connectivity index (χ0v) is 10.7. The molecule has 0 amide bonds. The van der Waals surface area contributed by atoms with E-state index in [4.69, 9.17) is 0 Å². The van der Waals surface area contributed by atoms with E-state index in [0.717, 1.165) is 11.8 Å². The number of hydrogen-bond acceptors (Lipinski definition) is 2. The first-order valence-corrected chi connectivity index (χ1v) is 6.82. The van der Waals surface area contributed by atoms with Gasteiger partial charge in [0.1, 0.15) is 0 Å². The Hall–Kier alpha value is -0.440. The van der Waals surface area contributed by atoms with Crippen LogP contribution in [0.1, 0.15) is 39.3 Å². The number of rotatable bonds is 5. The van der Waals surface area contributed by atoms with E-state index in [1.54, 1.807) is 0 Å². The monoisotopic (exact) mass is 224 g/mol. The minimum atomic E-state index is 0.273. The SMILES string of the molecule is CCn1nccc1C(C)(C)CCC1CS1. The lowest BCUT2D eigenvalue weighted by atomic mass is 9.84. The maximum Gasteiger partial charge on any atom is 0.0492 e. The minimum absolute atomic E-state index is 0.273.